The van der Waals surface area contributed by atoms with Gasteiger partial charge < -0.3 is 10.1 Å². The van der Waals surface area contributed by atoms with Crippen LogP contribution < -0.4 is 10.1 Å². The minimum atomic E-state index is -0.827. The summed E-state index contributed by atoms with van der Waals surface area (Å²) in [4.78, 5) is 38.9. The van der Waals surface area contributed by atoms with Crippen LogP contribution >= 0.6 is 12.2 Å². The number of rotatable bonds is 3. The summed E-state index contributed by atoms with van der Waals surface area (Å²) in [6.07, 6.45) is 4.72. The first-order valence-electron chi connectivity index (χ1n) is 9.11. The van der Waals surface area contributed by atoms with Crippen molar-refractivity contribution in [3.63, 3.8) is 0 Å². The molecule has 148 valence electrons. The number of nitrogens with zero attached hydrogens (tertiary/aromatic N) is 1. The largest absolute Gasteiger partial charge is 0.422 e. The van der Waals surface area contributed by atoms with Crippen LogP contribution in [0.3, 0.4) is 0 Å². The lowest BCUT2D eigenvalue weighted by molar-refractivity contribution is -0.130. The number of carbonyl (C=O) groups excluding carboxylic acids is 3. The fourth-order valence-corrected chi connectivity index (χ4v) is 3.37. The Kier molecular flexibility index (Phi) is 5.12. The molecule has 0 radical (unpaired) electrons. The van der Waals surface area contributed by atoms with Gasteiger partial charge in [0.2, 0.25) is 5.78 Å². The van der Waals surface area contributed by atoms with Crippen molar-refractivity contribution >= 4 is 41.1 Å². The molecule has 1 saturated heterocycles. The average Bonchev–Trinajstić information content (AvgIpc) is 2.98. The van der Waals surface area contributed by atoms with Gasteiger partial charge in [0.15, 0.2) is 5.11 Å². The number of hydrogen-bond donors (Lipinski definition) is 1. The molecule has 7 heteroatoms. The first-order chi connectivity index (χ1) is 14.4. The molecule has 2 aliphatic heterocycles. The van der Waals surface area contributed by atoms with E-state index in [-0.39, 0.29) is 27.7 Å². The van der Waals surface area contributed by atoms with Crippen LogP contribution in [0.4, 0.5) is 0 Å². The number of Topliss-reactive ketones (excluding diaryl/α,β-unsaturated/α-hetero) is 1. The minimum absolute atomic E-state index is 0.0747. The molecule has 0 bridgehead atoms. The zero-order chi connectivity index (χ0) is 21.3. The number of thiocarbonyl (C=S) groups is 1. The summed E-state index contributed by atoms with van der Waals surface area (Å²) in [5.41, 5.74) is 2.07. The Morgan fingerprint density at radius 3 is 2.50 bits per heavy atom. The third kappa shape index (κ3) is 3.70. The number of allylic oxidation sites excluding steroid dienone is 2. The number of nitrogens with one attached hydrogen (secondary N) is 1. The molecular weight excluding hydrogens is 400 g/mol. The Labute approximate surface area is 178 Å². The molecule has 4 rings (SSSR count). The molecule has 6 nitrogen and oxygen atoms in total. The summed E-state index contributed by atoms with van der Waals surface area (Å²) >= 11 is 5.23. The maximum atomic E-state index is 12.8. The van der Waals surface area contributed by atoms with Crippen molar-refractivity contribution in [3.8, 4) is 5.75 Å². The first-order valence-corrected chi connectivity index (χ1v) is 9.52. The van der Waals surface area contributed by atoms with E-state index in [0.717, 1.165) is 22.2 Å². The standard InChI is InChI=1S/C23H16N2O4S/c1-14(11-15-7-3-2-4-8-15)12-18-21(27)25(23(30)24-18)13-17-20(26)16-9-5-6-10-19(16)29-22(17)28/h2-13H,1H3,(H,24,30)/b14-11+,17-13-,18-12-. The molecule has 2 aliphatic rings. The van der Waals surface area contributed by atoms with E-state index in [4.69, 9.17) is 17.0 Å². The lowest BCUT2D eigenvalue weighted by Gasteiger charge is -2.18. The van der Waals surface area contributed by atoms with Gasteiger partial charge in [-0.2, -0.15) is 0 Å². The van der Waals surface area contributed by atoms with Crippen LogP contribution in [0.2, 0.25) is 0 Å². The Balaban J connectivity index is 1.61. The maximum absolute atomic E-state index is 12.8. The zero-order valence-corrected chi connectivity index (χ0v) is 16.7. The Hall–Kier alpha value is -3.84. The summed E-state index contributed by atoms with van der Waals surface area (Å²) in [5.74, 6) is -1.62. The molecule has 1 N–H and O–H groups in total. The monoisotopic (exact) mass is 416 g/mol. The van der Waals surface area contributed by atoms with Crippen molar-refractivity contribution < 1.29 is 19.1 Å². The van der Waals surface area contributed by atoms with Crippen LogP contribution in [0.25, 0.3) is 6.08 Å². The Bertz CT molecular complexity index is 1180. The second kappa shape index (κ2) is 7.88. The van der Waals surface area contributed by atoms with Gasteiger partial charge in [0.1, 0.15) is 17.0 Å². The molecule has 0 unspecified atom stereocenters. The predicted octanol–water partition coefficient (Wildman–Crippen LogP) is 3.38. The number of fused-ring (bicyclic) bond motifs is 1. The number of amides is 1. The van der Waals surface area contributed by atoms with Crippen LogP contribution in [0.1, 0.15) is 22.8 Å². The number of hydrogen-bond acceptors (Lipinski definition) is 5. The fraction of sp³-hybridized carbons (Fsp3) is 0.0435. The number of ether oxygens (including phenoxy) is 1. The number of para-hydroxylation sites is 1. The highest BCUT2D eigenvalue weighted by Crippen LogP contribution is 2.28. The van der Waals surface area contributed by atoms with E-state index in [1.54, 1.807) is 24.3 Å². The molecule has 0 atom stereocenters. The number of ketones is 1. The van der Waals surface area contributed by atoms with E-state index >= 15 is 0 Å². The minimum Gasteiger partial charge on any atom is -0.422 e. The maximum Gasteiger partial charge on any atom is 0.349 e. The van der Waals surface area contributed by atoms with Gasteiger partial charge in [0.25, 0.3) is 5.91 Å². The third-order valence-corrected chi connectivity index (χ3v) is 4.83. The van der Waals surface area contributed by atoms with Crippen LogP contribution in [0.15, 0.2) is 83.7 Å². The van der Waals surface area contributed by atoms with E-state index < -0.39 is 17.7 Å². The second-order valence-electron chi connectivity index (χ2n) is 6.72. The first kappa shape index (κ1) is 19.5. The van der Waals surface area contributed by atoms with E-state index in [2.05, 4.69) is 5.32 Å². The molecule has 1 fully saturated rings. The molecule has 2 aromatic rings. The molecule has 1 amide bonds. The van der Waals surface area contributed by atoms with Crippen LogP contribution in [0.5, 0.6) is 5.75 Å². The van der Waals surface area contributed by atoms with Crippen LogP contribution in [-0.4, -0.2) is 27.7 Å². The summed E-state index contributed by atoms with van der Waals surface area (Å²) in [5, 5.41) is 2.90. The normalized spacial score (nSPS) is 19.2. The van der Waals surface area contributed by atoms with Gasteiger partial charge in [-0.05, 0) is 48.5 Å². The van der Waals surface area contributed by atoms with Crippen molar-refractivity contribution in [3.05, 3.63) is 94.8 Å². The van der Waals surface area contributed by atoms with Crippen molar-refractivity contribution in [1.29, 1.82) is 0 Å². The van der Waals surface area contributed by atoms with Gasteiger partial charge in [-0.15, -0.1) is 0 Å². The van der Waals surface area contributed by atoms with E-state index in [1.807, 2.05) is 43.3 Å². The highest BCUT2D eigenvalue weighted by atomic mass is 32.1. The highest BCUT2D eigenvalue weighted by Gasteiger charge is 2.35. The zero-order valence-electron chi connectivity index (χ0n) is 15.9. The molecule has 2 heterocycles. The molecule has 30 heavy (non-hydrogen) atoms. The quantitative estimate of drug-likeness (QED) is 0.272. The topological polar surface area (TPSA) is 75.7 Å². The smallest absolute Gasteiger partial charge is 0.349 e. The highest BCUT2D eigenvalue weighted by molar-refractivity contribution is 7.80. The van der Waals surface area contributed by atoms with Crippen LogP contribution in [-0.2, 0) is 9.59 Å². The molecule has 0 spiro atoms. The van der Waals surface area contributed by atoms with Crippen molar-refractivity contribution in [2.24, 2.45) is 0 Å². The summed E-state index contributed by atoms with van der Waals surface area (Å²) < 4.78 is 5.20. The molecule has 0 saturated carbocycles. The summed E-state index contributed by atoms with van der Waals surface area (Å²) in [7, 11) is 0. The second-order valence-corrected chi connectivity index (χ2v) is 7.11. The Morgan fingerprint density at radius 1 is 1.03 bits per heavy atom. The lowest BCUT2D eigenvalue weighted by Crippen LogP contribution is -2.31. The van der Waals surface area contributed by atoms with Gasteiger partial charge in [-0.1, -0.05) is 48.5 Å². The van der Waals surface area contributed by atoms with Gasteiger partial charge in [0.05, 0.1) is 5.56 Å². The molecule has 0 aliphatic carbocycles. The van der Waals surface area contributed by atoms with Crippen LogP contribution in [0, 0.1) is 0 Å². The SMILES string of the molecule is CC(/C=C1\NC(=S)N(/C=C2\C(=O)Oc3ccccc3C2=O)C1=O)=C\c1ccccc1. The van der Waals surface area contributed by atoms with Gasteiger partial charge in [-0.25, -0.2) is 4.79 Å². The van der Waals surface area contributed by atoms with Crippen molar-refractivity contribution in [1.82, 2.24) is 10.2 Å². The summed E-state index contributed by atoms with van der Waals surface area (Å²) in [6, 6.07) is 16.1. The van der Waals surface area contributed by atoms with E-state index in [0.29, 0.717) is 0 Å². The fourth-order valence-electron chi connectivity index (χ4n) is 3.12. The third-order valence-electron chi connectivity index (χ3n) is 4.53. The van der Waals surface area contributed by atoms with Crippen molar-refractivity contribution in [2.75, 3.05) is 0 Å². The number of benzene rings is 2. The van der Waals surface area contributed by atoms with Gasteiger partial charge in [0, 0.05) is 6.20 Å². The molecule has 2 aromatic carbocycles. The Morgan fingerprint density at radius 2 is 1.73 bits per heavy atom. The number of carbonyl (C=O) groups is 3. The van der Waals surface area contributed by atoms with E-state index in [9.17, 15) is 14.4 Å². The molecular formula is C23H16N2O4S. The lowest BCUT2D eigenvalue weighted by atomic mass is 10.0. The average molecular weight is 416 g/mol. The van der Waals surface area contributed by atoms with E-state index in [1.165, 1.54) is 6.07 Å². The predicted molar refractivity (Wildman–Crippen MR) is 115 cm³/mol. The van der Waals surface area contributed by atoms with Gasteiger partial charge in [-0.3, -0.25) is 14.5 Å². The molecule has 0 aromatic heterocycles. The summed E-state index contributed by atoms with van der Waals surface area (Å²) in [6.45, 7) is 1.86. The van der Waals surface area contributed by atoms with Crippen molar-refractivity contribution in [2.45, 2.75) is 6.92 Å². The van der Waals surface area contributed by atoms with Gasteiger partial charge >= 0.3 is 5.97 Å². The number of esters is 1.